The molecule has 2 rings (SSSR count). The van der Waals surface area contributed by atoms with E-state index in [1.165, 1.54) is 6.42 Å². The van der Waals surface area contributed by atoms with Crippen molar-refractivity contribution in [1.82, 2.24) is 5.32 Å². The molecule has 1 fully saturated rings. The fourth-order valence-electron chi connectivity index (χ4n) is 2.94. The van der Waals surface area contributed by atoms with Gasteiger partial charge in [-0.1, -0.05) is 43.0 Å². The first-order valence-electron chi connectivity index (χ1n) is 7.81. The van der Waals surface area contributed by atoms with Crippen LogP contribution in [0.3, 0.4) is 0 Å². The Morgan fingerprint density at radius 3 is 2.41 bits per heavy atom. The van der Waals surface area contributed by atoms with Crippen molar-refractivity contribution >= 4 is 23.5 Å². The minimum atomic E-state index is -0.947. The monoisotopic (exact) mass is 323 g/mol. The molecule has 0 spiro atoms. The molecule has 1 atom stereocenters. The van der Waals surface area contributed by atoms with E-state index in [0.29, 0.717) is 11.4 Å². The van der Waals surface area contributed by atoms with Gasteiger partial charge in [0.05, 0.1) is 12.3 Å². The Bertz CT molecular complexity index is 509. The average molecular weight is 324 g/mol. The number of hydrogen-bond acceptors (Lipinski definition) is 2. The molecule has 1 amide bonds. The van der Waals surface area contributed by atoms with E-state index in [2.05, 4.69) is 5.32 Å². The van der Waals surface area contributed by atoms with Crippen LogP contribution >= 0.6 is 11.6 Å². The summed E-state index contributed by atoms with van der Waals surface area (Å²) < 4.78 is 0. The van der Waals surface area contributed by atoms with E-state index in [9.17, 15) is 9.59 Å². The van der Waals surface area contributed by atoms with Gasteiger partial charge < -0.3 is 10.4 Å². The van der Waals surface area contributed by atoms with Crippen molar-refractivity contribution in [3.05, 3.63) is 34.9 Å². The highest BCUT2D eigenvalue weighted by Gasteiger charge is 2.25. The van der Waals surface area contributed by atoms with E-state index in [-0.39, 0.29) is 18.4 Å². The van der Waals surface area contributed by atoms with Gasteiger partial charge in [-0.15, -0.1) is 0 Å². The van der Waals surface area contributed by atoms with Crippen molar-refractivity contribution in [3.8, 4) is 0 Å². The summed E-state index contributed by atoms with van der Waals surface area (Å²) in [5, 5.41) is 12.7. The molecule has 0 aliphatic heterocycles. The largest absolute Gasteiger partial charge is 0.481 e. The lowest BCUT2D eigenvalue weighted by Crippen LogP contribution is -2.41. The third kappa shape index (κ3) is 5.34. The van der Waals surface area contributed by atoms with Crippen molar-refractivity contribution in [3.63, 3.8) is 0 Å². The molecule has 0 heterocycles. The molecule has 0 aromatic heterocycles. The minimum Gasteiger partial charge on any atom is -0.481 e. The van der Waals surface area contributed by atoms with Crippen LogP contribution in [0.25, 0.3) is 0 Å². The second kappa shape index (κ2) is 8.18. The minimum absolute atomic E-state index is 0.149. The zero-order chi connectivity index (χ0) is 15.9. The molecule has 1 aliphatic rings. The van der Waals surface area contributed by atoms with Gasteiger partial charge in [-0.3, -0.25) is 9.59 Å². The van der Waals surface area contributed by atoms with Gasteiger partial charge in [0.1, 0.15) is 0 Å². The number of carbonyl (C=O) groups is 2. The third-order valence-corrected chi connectivity index (χ3v) is 4.39. The summed E-state index contributed by atoms with van der Waals surface area (Å²) in [6.45, 7) is 0. The van der Waals surface area contributed by atoms with Gasteiger partial charge in [-0.2, -0.15) is 0 Å². The van der Waals surface area contributed by atoms with Crippen LogP contribution in [-0.2, 0) is 16.0 Å². The van der Waals surface area contributed by atoms with Crippen molar-refractivity contribution in [1.29, 1.82) is 0 Å². The second-order valence-electron chi connectivity index (χ2n) is 5.97. The Hall–Kier alpha value is -1.55. The molecule has 120 valence electrons. The summed E-state index contributed by atoms with van der Waals surface area (Å²) in [6.07, 6.45) is 5.73. The summed E-state index contributed by atoms with van der Waals surface area (Å²) in [5.74, 6) is -1.64. The molecule has 0 bridgehead atoms. The Morgan fingerprint density at radius 2 is 1.82 bits per heavy atom. The molecule has 4 nitrogen and oxygen atoms in total. The standard InChI is InChI=1S/C17H22ClNO3/c18-14-8-6-12(7-9-14)10-13(11-16(20)21)17(22)19-15-4-2-1-3-5-15/h6-9,13,15H,1-5,10-11H2,(H,19,22)(H,20,21)/t13-/m1/s1. The molecular formula is C17H22ClNO3. The summed E-state index contributed by atoms with van der Waals surface area (Å²) in [7, 11) is 0. The number of carboxylic acid groups (broad SMARTS) is 1. The Kier molecular flexibility index (Phi) is 6.25. The number of benzene rings is 1. The molecule has 0 saturated heterocycles. The molecule has 0 radical (unpaired) electrons. The van der Waals surface area contributed by atoms with Crippen LogP contribution in [0.5, 0.6) is 0 Å². The number of halogens is 1. The third-order valence-electron chi connectivity index (χ3n) is 4.14. The normalized spacial score (nSPS) is 17.0. The average Bonchev–Trinajstić information content (AvgIpc) is 2.49. The molecule has 1 aromatic rings. The van der Waals surface area contributed by atoms with Gasteiger partial charge in [0.2, 0.25) is 5.91 Å². The fourth-order valence-corrected chi connectivity index (χ4v) is 3.07. The zero-order valence-corrected chi connectivity index (χ0v) is 13.3. The summed E-state index contributed by atoms with van der Waals surface area (Å²) in [4.78, 5) is 23.5. The molecule has 1 saturated carbocycles. The van der Waals surface area contributed by atoms with Gasteiger partial charge in [0.25, 0.3) is 0 Å². The lowest BCUT2D eigenvalue weighted by molar-refractivity contribution is -0.141. The highest BCUT2D eigenvalue weighted by Crippen LogP contribution is 2.20. The van der Waals surface area contributed by atoms with Crippen LogP contribution in [0.15, 0.2) is 24.3 Å². The van der Waals surface area contributed by atoms with Crippen molar-refractivity contribution < 1.29 is 14.7 Å². The topological polar surface area (TPSA) is 66.4 Å². The molecule has 2 N–H and O–H groups in total. The smallest absolute Gasteiger partial charge is 0.304 e. The summed E-state index contributed by atoms with van der Waals surface area (Å²) in [5.41, 5.74) is 0.925. The number of carboxylic acids is 1. The molecule has 1 aromatic carbocycles. The number of rotatable bonds is 6. The van der Waals surface area contributed by atoms with Gasteiger partial charge in [0.15, 0.2) is 0 Å². The maximum Gasteiger partial charge on any atom is 0.304 e. The van der Waals surface area contributed by atoms with Crippen LogP contribution in [0.2, 0.25) is 5.02 Å². The highest BCUT2D eigenvalue weighted by molar-refractivity contribution is 6.30. The van der Waals surface area contributed by atoms with E-state index in [1.807, 2.05) is 12.1 Å². The maximum absolute atomic E-state index is 12.4. The second-order valence-corrected chi connectivity index (χ2v) is 6.41. The quantitative estimate of drug-likeness (QED) is 0.843. The van der Waals surface area contributed by atoms with E-state index in [4.69, 9.17) is 16.7 Å². The van der Waals surface area contributed by atoms with E-state index >= 15 is 0 Å². The van der Waals surface area contributed by atoms with Crippen molar-refractivity contribution in [2.24, 2.45) is 5.92 Å². The zero-order valence-electron chi connectivity index (χ0n) is 12.6. The Morgan fingerprint density at radius 1 is 1.18 bits per heavy atom. The van der Waals surface area contributed by atoms with Crippen molar-refractivity contribution in [2.75, 3.05) is 0 Å². The maximum atomic E-state index is 12.4. The first kappa shape index (κ1) is 16.8. The van der Waals surface area contributed by atoms with Crippen LogP contribution in [-0.4, -0.2) is 23.0 Å². The Balaban J connectivity index is 1.99. The van der Waals surface area contributed by atoms with Gasteiger partial charge in [-0.25, -0.2) is 0 Å². The number of carbonyl (C=O) groups excluding carboxylic acids is 1. The van der Waals surface area contributed by atoms with Gasteiger partial charge >= 0.3 is 5.97 Å². The van der Waals surface area contributed by atoms with E-state index < -0.39 is 11.9 Å². The van der Waals surface area contributed by atoms with Crippen LogP contribution in [0, 0.1) is 5.92 Å². The summed E-state index contributed by atoms with van der Waals surface area (Å²) >= 11 is 5.85. The fraction of sp³-hybridized carbons (Fsp3) is 0.529. The highest BCUT2D eigenvalue weighted by atomic mass is 35.5. The van der Waals surface area contributed by atoms with Crippen LogP contribution in [0.1, 0.15) is 44.1 Å². The van der Waals surface area contributed by atoms with E-state index in [0.717, 1.165) is 31.2 Å². The summed E-state index contributed by atoms with van der Waals surface area (Å²) in [6, 6.07) is 7.39. The number of aliphatic carboxylic acids is 1. The van der Waals surface area contributed by atoms with Gasteiger partial charge in [0, 0.05) is 11.1 Å². The molecular weight excluding hydrogens is 302 g/mol. The number of hydrogen-bond donors (Lipinski definition) is 2. The van der Waals surface area contributed by atoms with Crippen LogP contribution in [0.4, 0.5) is 0 Å². The first-order chi connectivity index (χ1) is 10.5. The molecule has 22 heavy (non-hydrogen) atoms. The predicted octanol–water partition coefficient (Wildman–Crippen LogP) is 3.42. The predicted molar refractivity (Wildman–Crippen MR) is 85.9 cm³/mol. The van der Waals surface area contributed by atoms with Gasteiger partial charge in [-0.05, 0) is 37.0 Å². The number of nitrogens with one attached hydrogen (secondary N) is 1. The lowest BCUT2D eigenvalue weighted by Gasteiger charge is -2.25. The SMILES string of the molecule is O=C(O)C[C@@H](Cc1ccc(Cl)cc1)C(=O)NC1CCCCC1. The molecule has 0 unspecified atom stereocenters. The number of amides is 1. The van der Waals surface area contributed by atoms with E-state index in [1.54, 1.807) is 12.1 Å². The molecule has 1 aliphatic carbocycles. The van der Waals surface area contributed by atoms with Crippen LogP contribution < -0.4 is 5.32 Å². The first-order valence-corrected chi connectivity index (χ1v) is 8.19. The molecule has 5 heteroatoms. The lowest BCUT2D eigenvalue weighted by atomic mass is 9.92. The van der Waals surface area contributed by atoms with Crippen molar-refractivity contribution in [2.45, 2.75) is 51.0 Å². The Labute approximate surface area is 135 Å².